The molecule has 1 heterocycles. The molecule has 0 bridgehead atoms. The maximum absolute atomic E-state index is 10.8. The molecule has 6 heteroatoms. The van der Waals surface area contributed by atoms with Gasteiger partial charge in [0.05, 0.1) is 7.11 Å². The van der Waals surface area contributed by atoms with Crippen molar-refractivity contribution in [1.29, 1.82) is 0 Å². The lowest BCUT2D eigenvalue weighted by Crippen LogP contribution is -2.15. The second-order valence-electron chi connectivity index (χ2n) is 1.95. The smallest absolute Gasteiger partial charge is 0.375 e. The molecule has 0 unspecified atom stereocenters. The number of methoxy groups -OCH3 is 1. The zero-order valence-corrected chi connectivity index (χ0v) is 6.42. The third-order valence-electron chi connectivity index (χ3n) is 1.23. The molecular formula is C5H8BN3O2. The van der Waals surface area contributed by atoms with Crippen LogP contribution in [-0.4, -0.2) is 35.5 Å². The Morgan fingerprint density at radius 3 is 2.91 bits per heavy atom. The van der Waals surface area contributed by atoms with Crippen molar-refractivity contribution in [2.24, 2.45) is 0 Å². The molecule has 0 atom stereocenters. The topological polar surface area (TPSA) is 67.9 Å². The molecule has 11 heavy (non-hydrogen) atoms. The maximum atomic E-state index is 10.8. The molecule has 1 aromatic heterocycles. The number of carbonyl (C=O) groups is 1. The van der Waals surface area contributed by atoms with Crippen molar-refractivity contribution in [1.82, 2.24) is 15.2 Å². The van der Waals surface area contributed by atoms with Gasteiger partial charge in [0.1, 0.15) is 5.72 Å². The van der Waals surface area contributed by atoms with E-state index in [0.29, 0.717) is 13.0 Å². The van der Waals surface area contributed by atoms with Crippen LogP contribution in [0.3, 0.4) is 0 Å². The third kappa shape index (κ3) is 1.57. The van der Waals surface area contributed by atoms with Gasteiger partial charge in [-0.3, -0.25) is 5.10 Å². The van der Waals surface area contributed by atoms with Gasteiger partial charge >= 0.3 is 5.97 Å². The van der Waals surface area contributed by atoms with Gasteiger partial charge in [-0.05, 0) is 0 Å². The van der Waals surface area contributed by atoms with E-state index in [0.717, 1.165) is 0 Å². The summed E-state index contributed by atoms with van der Waals surface area (Å²) >= 11 is 0. The molecule has 0 fully saturated rings. The summed E-state index contributed by atoms with van der Waals surface area (Å²) in [6.45, 7) is 1.91. The first kappa shape index (κ1) is 7.78. The van der Waals surface area contributed by atoms with E-state index in [1.165, 1.54) is 7.11 Å². The van der Waals surface area contributed by atoms with Gasteiger partial charge in [-0.2, -0.15) is 5.10 Å². The molecule has 0 saturated carbocycles. The van der Waals surface area contributed by atoms with Crippen molar-refractivity contribution >= 4 is 19.0 Å². The fourth-order valence-corrected chi connectivity index (χ4v) is 0.643. The van der Waals surface area contributed by atoms with Crippen LogP contribution < -0.4 is 5.72 Å². The first-order chi connectivity index (χ1) is 5.27. The van der Waals surface area contributed by atoms with E-state index in [9.17, 15) is 4.79 Å². The highest BCUT2D eigenvalue weighted by Crippen LogP contribution is 1.86. The zero-order valence-electron chi connectivity index (χ0n) is 6.42. The Morgan fingerprint density at radius 1 is 1.73 bits per heavy atom. The average molecular weight is 153 g/mol. The van der Waals surface area contributed by atoms with Crippen LogP contribution >= 0.6 is 0 Å². The van der Waals surface area contributed by atoms with E-state index >= 15 is 0 Å². The minimum atomic E-state index is -0.489. The lowest BCUT2D eigenvalue weighted by Gasteiger charge is -1.89. The lowest BCUT2D eigenvalue weighted by atomic mass is 9.82. The van der Waals surface area contributed by atoms with Crippen molar-refractivity contribution in [3.8, 4) is 0 Å². The Labute approximate surface area is 64.4 Å². The summed E-state index contributed by atoms with van der Waals surface area (Å²) in [5.74, 6) is -0.332. The second-order valence-corrected chi connectivity index (χ2v) is 1.95. The van der Waals surface area contributed by atoms with E-state index in [-0.39, 0.29) is 5.82 Å². The van der Waals surface area contributed by atoms with Gasteiger partial charge in [0.25, 0.3) is 0 Å². The number of esters is 1. The maximum Gasteiger partial charge on any atom is 0.375 e. The molecule has 1 aromatic rings. The molecule has 0 radical (unpaired) electrons. The highest BCUT2D eigenvalue weighted by molar-refractivity contribution is 6.49. The summed E-state index contributed by atoms with van der Waals surface area (Å²) in [4.78, 5) is 14.6. The Kier molecular flexibility index (Phi) is 2.25. The summed E-state index contributed by atoms with van der Waals surface area (Å²) in [7, 11) is 2.00. The van der Waals surface area contributed by atoms with Crippen LogP contribution in [0.2, 0.25) is 6.82 Å². The highest BCUT2D eigenvalue weighted by atomic mass is 16.5. The van der Waals surface area contributed by atoms with E-state index in [1.54, 1.807) is 0 Å². The van der Waals surface area contributed by atoms with E-state index in [4.69, 9.17) is 0 Å². The number of aromatic amines is 1. The van der Waals surface area contributed by atoms with Gasteiger partial charge in [-0.25, -0.2) is 9.78 Å². The Balaban J connectivity index is 2.80. The van der Waals surface area contributed by atoms with E-state index in [1.807, 2.05) is 6.82 Å². The number of nitrogens with one attached hydrogen (secondary N) is 1. The minimum absolute atomic E-state index is 0.157. The fraction of sp³-hybridized carbons (Fsp3) is 0.400. The van der Waals surface area contributed by atoms with Crippen LogP contribution in [0.1, 0.15) is 10.6 Å². The van der Waals surface area contributed by atoms with Crippen molar-refractivity contribution in [3.05, 3.63) is 5.82 Å². The predicted molar refractivity (Wildman–Crippen MR) is 40.4 cm³/mol. The molecule has 0 saturated heterocycles. The van der Waals surface area contributed by atoms with Gasteiger partial charge in [-0.15, -0.1) is 0 Å². The molecular weight excluding hydrogens is 145 g/mol. The predicted octanol–water partition coefficient (Wildman–Crippen LogP) is -1.30. The molecule has 5 nitrogen and oxygen atoms in total. The summed E-state index contributed by atoms with van der Waals surface area (Å²) in [5, 5.41) is 6.24. The molecule has 0 amide bonds. The number of hydrogen-bond acceptors (Lipinski definition) is 4. The summed E-state index contributed by atoms with van der Waals surface area (Å²) < 4.78 is 4.42. The monoisotopic (exact) mass is 153 g/mol. The van der Waals surface area contributed by atoms with Gasteiger partial charge in [0.2, 0.25) is 13.1 Å². The molecule has 0 aromatic carbocycles. The van der Waals surface area contributed by atoms with E-state index in [2.05, 4.69) is 19.9 Å². The summed E-state index contributed by atoms with van der Waals surface area (Å²) in [6, 6.07) is 0. The number of nitrogens with zero attached hydrogens (tertiary/aromatic N) is 2. The van der Waals surface area contributed by atoms with Crippen molar-refractivity contribution in [2.75, 3.05) is 7.11 Å². The Bertz CT molecular complexity index is 260. The van der Waals surface area contributed by atoms with Crippen LogP contribution in [0.25, 0.3) is 0 Å². The molecule has 58 valence electrons. The van der Waals surface area contributed by atoms with Crippen LogP contribution in [0.15, 0.2) is 0 Å². The number of hydrogen-bond donors (Lipinski definition) is 1. The quantitative estimate of drug-likeness (QED) is 0.423. The average Bonchev–Trinajstić information content (AvgIpc) is 2.50. The van der Waals surface area contributed by atoms with Gasteiger partial charge in [0, 0.05) is 0 Å². The standard InChI is InChI=1S/C5H8BN3O2/c1-6-5-7-3(8-9-5)4(10)11-2/h6H,1-2H3,(H,7,8,9). The van der Waals surface area contributed by atoms with Crippen molar-refractivity contribution in [2.45, 2.75) is 6.82 Å². The summed E-state index contributed by atoms with van der Waals surface area (Å²) in [5.41, 5.74) is 0.616. The SMILES string of the molecule is CBc1n[nH]c(C(=O)OC)n1. The molecule has 1 rings (SSSR count). The number of rotatable bonds is 2. The number of carbonyl (C=O) groups excluding carboxylic acids is 1. The number of ether oxygens (including phenoxy) is 1. The fourth-order valence-electron chi connectivity index (χ4n) is 0.643. The van der Waals surface area contributed by atoms with E-state index < -0.39 is 5.97 Å². The summed E-state index contributed by atoms with van der Waals surface area (Å²) in [6.07, 6.45) is 0. The van der Waals surface area contributed by atoms with Crippen molar-refractivity contribution in [3.63, 3.8) is 0 Å². The molecule has 0 aliphatic rings. The Hall–Kier alpha value is -1.33. The first-order valence-corrected chi connectivity index (χ1v) is 3.27. The molecule has 0 spiro atoms. The molecule has 0 aliphatic heterocycles. The third-order valence-corrected chi connectivity index (χ3v) is 1.23. The normalized spacial score (nSPS) is 9.27. The van der Waals surface area contributed by atoms with Gasteiger partial charge in [0.15, 0.2) is 0 Å². The van der Waals surface area contributed by atoms with Crippen molar-refractivity contribution < 1.29 is 9.53 Å². The zero-order chi connectivity index (χ0) is 8.27. The second kappa shape index (κ2) is 3.18. The van der Waals surface area contributed by atoms with Crippen LogP contribution in [0.4, 0.5) is 0 Å². The number of aromatic nitrogens is 3. The van der Waals surface area contributed by atoms with Crippen LogP contribution in [0.5, 0.6) is 0 Å². The van der Waals surface area contributed by atoms with Gasteiger partial charge in [-0.1, -0.05) is 6.82 Å². The molecule has 0 aliphatic carbocycles. The number of H-pyrrole nitrogens is 1. The highest BCUT2D eigenvalue weighted by Gasteiger charge is 2.09. The van der Waals surface area contributed by atoms with Crippen LogP contribution in [0, 0.1) is 0 Å². The first-order valence-electron chi connectivity index (χ1n) is 3.27. The lowest BCUT2D eigenvalue weighted by molar-refractivity contribution is 0.0587. The van der Waals surface area contributed by atoms with Crippen LogP contribution in [-0.2, 0) is 4.74 Å². The minimum Gasteiger partial charge on any atom is -0.463 e. The molecule has 1 N–H and O–H groups in total. The van der Waals surface area contributed by atoms with Gasteiger partial charge < -0.3 is 4.74 Å². The Morgan fingerprint density at radius 2 is 2.45 bits per heavy atom. The largest absolute Gasteiger partial charge is 0.463 e.